The Balaban J connectivity index is 1.65. The van der Waals surface area contributed by atoms with Gasteiger partial charge in [0.15, 0.2) is 0 Å². The molecule has 100 valence electrons. The van der Waals surface area contributed by atoms with E-state index in [0.29, 0.717) is 12.5 Å². The van der Waals surface area contributed by atoms with E-state index in [4.69, 9.17) is 5.11 Å². The number of benzene rings is 1. The largest absolute Gasteiger partial charge is 0.396 e. The Hall–Kier alpha value is -0.580. The molecule has 0 saturated carbocycles. The lowest BCUT2D eigenvalue weighted by atomic mass is 10.1. The van der Waals surface area contributed by atoms with E-state index in [2.05, 4.69) is 4.90 Å². The molecule has 4 heteroatoms. The quantitative estimate of drug-likeness (QED) is 0.803. The lowest BCUT2D eigenvalue weighted by Crippen LogP contribution is -2.23. The molecule has 1 aliphatic rings. The Morgan fingerprint density at radius 1 is 1.33 bits per heavy atom. The minimum atomic E-state index is -0.175. The maximum atomic E-state index is 12.7. The zero-order chi connectivity index (χ0) is 12.8. The van der Waals surface area contributed by atoms with E-state index in [0.717, 1.165) is 36.7 Å². The lowest BCUT2D eigenvalue weighted by Gasteiger charge is -2.15. The van der Waals surface area contributed by atoms with E-state index in [9.17, 15) is 4.39 Å². The van der Waals surface area contributed by atoms with E-state index < -0.39 is 0 Å². The molecule has 1 aromatic rings. The van der Waals surface area contributed by atoms with Crippen molar-refractivity contribution >= 4 is 11.8 Å². The van der Waals surface area contributed by atoms with Gasteiger partial charge in [-0.25, -0.2) is 4.39 Å². The number of hydrogen-bond acceptors (Lipinski definition) is 3. The van der Waals surface area contributed by atoms with Gasteiger partial charge in [0.2, 0.25) is 0 Å². The molecule has 1 heterocycles. The summed E-state index contributed by atoms with van der Waals surface area (Å²) >= 11 is 1.77. The standard InChI is InChI=1S/C14H20FNOS/c15-13-1-3-14(4-2-13)18-10-8-16-7-5-12(11-16)6-9-17/h1-4,12,17H,5-11H2. The smallest absolute Gasteiger partial charge is 0.123 e. The van der Waals surface area contributed by atoms with Crippen LogP contribution in [0.4, 0.5) is 4.39 Å². The van der Waals surface area contributed by atoms with Crippen LogP contribution < -0.4 is 0 Å². The number of nitrogens with zero attached hydrogens (tertiary/aromatic N) is 1. The molecule has 1 N–H and O–H groups in total. The fraction of sp³-hybridized carbons (Fsp3) is 0.571. The number of aliphatic hydroxyl groups excluding tert-OH is 1. The van der Waals surface area contributed by atoms with Crippen molar-refractivity contribution in [3.8, 4) is 0 Å². The maximum Gasteiger partial charge on any atom is 0.123 e. The summed E-state index contributed by atoms with van der Waals surface area (Å²) in [6.07, 6.45) is 2.14. The molecule has 1 aliphatic heterocycles. The van der Waals surface area contributed by atoms with E-state index in [1.165, 1.54) is 18.6 Å². The minimum Gasteiger partial charge on any atom is -0.396 e. The van der Waals surface area contributed by atoms with Gasteiger partial charge in [0.1, 0.15) is 5.82 Å². The first-order valence-electron chi connectivity index (χ1n) is 6.49. The highest BCUT2D eigenvalue weighted by Gasteiger charge is 2.21. The predicted octanol–water partition coefficient (Wildman–Crippen LogP) is 2.62. The van der Waals surface area contributed by atoms with Crippen LogP contribution in [0.1, 0.15) is 12.8 Å². The fourth-order valence-corrected chi connectivity index (χ4v) is 3.27. The first-order chi connectivity index (χ1) is 8.78. The predicted molar refractivity (Wildman–Crippen MR) is 73.4 cm³/mol. The Kier molecular flexibility index (Phi) is 5.47. The summed E-state index contributed by atoms with van der Waals surface area (Å²) in [6, 6.07) is 6.68. The van der Waals surface area contributed by atoms with Crippen molar-refractivity contribution < 1.29 is 9.50 Å². The van der Waals surface area contributed by atoms with Crippen molar-refractivity contribution in [1.29, 1.82) is 0 Å². The van der Waals surface area contributed by atoms with Crippen LogP contribution in [0.5, 0.6) is 0 Å². The lowest BCUT2D eigenvalue weighted by molar-refractivity contribution is 0.253. The molecule has 1 aromatic carbocycles. The van der Waals surface area contributed by atoms with Crippen molar-refractivity contribution in [2.24, 2.45) is 5.92 Å². The summed E-state index contributed by atoms with van der Waals surface area (Å²) in [6.45, 7) is 3.64. The molecule has 0 amide bonds. The van der Waals surface area contributed by atoms with Crippen LogP contribution in [-0.4, -0.2) is 42.0 Å². The average Bonchev–Trinajstić information content (AvgIpc) is 2.80. The molecule has 2 rings (SSSR count). The number of rotatable bonds is 6. The molecule has 0 bridgehead atoms. The summed E-state index contributed by atoms with van der Waals surface area (Å²) in [5.74, 6) is 1.54. The van der Waals surface area contributed by atoms with E-state index in [1.807, 2.05) is 12.1 Å². The van der Waals surface area contributed by atoms with Gasteiger partial charge < -0.3 is 10.0 Å². The molecule has 1 atom stereocenters. The summed E-state index contributed by atoms with van der Waals surface area (Å²) in [4.78, 5) is 3.58. The van der Waals surface area contributed by atoms with Gasteiger partial charge in [-0.15, -0.1) is 11.8 Å². The second-order valence-corrected chi connectivity index (χ2v) is 5.94. The van der Waals surface area contributed by atoms with Crippen molar-refractivity contribution in [3.63, 3.8) is 0 Å². The maximum absolute atomic E-state index is 12.7. The van der Waals surface area contributed by atoms with Crippen LogP contribution in [-0.2, 0) is 0 Å². The average molecular weight is 269 g/mol. The first-order valence-corrected chi connectivity index (χ1v) is 7.48. The Labute approximate surface area is 112 Å². The summed E-state index contributed by atoms with van der Waals surface area (Å²) < 4.78 is 12.7. The normalized spacial score (nSPS) is 20.4. The van der Waals surface area contributed by atoms with Crippen molar-refractivity contribution in [2.75, 3.05) is 32.0 Å². The molecular weight excluding hydrogens is 249 g/mol. The molecular formula is C14H20FNOS. The number of thioether (sulfide) groups is 1. The van der Waals surface area contributed by atoms with Crippen LogP contribution >= 0.6 is 11.8 Å². The zero-order valence-electron chi connectivity index (χ0n) is 10.5. The van der Waals surface area contributed by atoms with Gasteiger partial charge in [-0.05, 0) is 49.6 Å². The molecule has 0 aliphatic carbocycles. The van der Waals surface area contributed by atoms with Gasteiger partial charge in [-0.3, -0.25) is 0 Å². The molecule has 1 saturated heterocycles. The number of halogens is 1. The Morgan fingerprint density at radius 2 is 2.11 bits per heavy atom. The van der Waals surface area contributed by atoms with Crippen molar-refractivity contribution in [2.45, 2.75) is 17.7 Å². The highest BCUT2D eigenvalue weighted by atomic mass is 32.2. The third-order valence-electron chi connectivity index (χ3n) is 3.40. The molecule has 18 heavy (non-hydrogen) atoms. The summed E-state index contributed by atoms with van der Waals surface area (Å²) in [7, 11) is 0. The SMILES string of the molecule is OCCC1CCN(CCSc2ccc(F)cc2)C1. The number of hydrogen-bond donors (Lipinski definition) is 1. The minimum absolute atomic E-state index is 0.175. The molecule has 2 nitrogen and oxygen atoms in total. The number of aliphatic hydroxyl groups is 1. The second kappa shape index (κ2) is 7.12. The monoisotopic (exact) mass is 269 g/mol. The van der Waals surface area contributed by atoms with Crippen LogP contribution in [0.15, 0.2) is 29.2 Å². The topological polar surface area (TPSA) is 23.5 Å². The fourth-order valence-electron chi connectivity index (χ4n) is 2.36. The van der Waals surface area contributed by atoms with E-state index in [1.54, 1.807) is 11.8 Å². The van der Waals surface area contributed by atoms with Crippen molar-refractivity contribution in [3.05, 3.63) is 30.1 Å². The highest BCUT2D eigenvalue weighted by Crippen LogP contribution is 2.22. The van der Waals surface area contributed by atoms with Gasteiger partial charge in [0.05, 0.1) is 0 Å². The Bertz CT molecular complexity index is 357. The highest BCUT2D eigenvalue weighted by molar-refractivity contribution is 7.99. The van der Waals surface area contributed by atoms with Crippen LogP contribution in [0.2, 0.25) is 0 Å². The summed E-state index contributed by atoms with van der Waals surface area (Å²) in [5, 5.41) is 8.91. The second-order valence-electron chi connectivity index (χ2n) is 4.77. The van der Waals surface area contributed by atoms with E-state index in [-0.39, 0.29) is 5.82 Å². The molecule has 1 unspecified atom stereocenters. The number of likely N-dealkylation sites (tertiary alicyclic amines) is 1. The third kappa shape index (κ3) is 4.26. The molecule has 0 spiro atoms. The van der Waals surface area contributed by atoms with E-state index >= 15 is 0 Å². The zero-order valence-corrected chi connectivity index (χ0v) is 11.3. The van der Waals surface area contributed by atoms with Gasteiger partial charge in [-0.2, -0.15) is 0 Å². The third-order valence-corrected chi connectivity index (χ3v) is 4.39. The van der Waals surface area contributed by atoms with Crippen LogP contribution in [0.25, 0.3) is 0 Å². The molecule has 0 radical (unpaired) electrons. The first kappa shape index (κ1) is 13.8. The summed E-state index contributed by atoms with van der Waals surface area (Å²) in [5.41, 5.74) is 0. The van der Waals surface area contributed by atoms with Crippen LogP contribution in [0.3, 0.4) is 0 Å². The molecule has 0 aromatic heterocycles. The van der Waals surface area contributed by atoms with Gasteiger partial charge in [-0.1, -0.05) is 0 Å². The Morgan fingerprint density at radius 3 is 2.83 bits per heavy atom. The molecule has 1 fully saturated rings. The van der Waals surface area contributed by atoms with Gasteiger partial charge >= 0.3 is 0 Å². The van der Waals surface area contributed by atoms with Gasteiger partial charge in [0, 0.05) is 30.3 Å². The van der Waals surface area contributed by atoms with Gasteiger partial charge in [0.25, 0.3) is 0 Å². The van der Waals surface area contributed by atoms with Crippen LogP contribution in [0, 0.1) is 11.7 Å². The van der Waals surface area contributed by atoms with Crippen molar-refractivity contribution in [1.82, 2.24) is 4.90 Å².